The van der Waals surface area contributed by atoms with E-state index in [0.717, 1.165) is 38.4 Å². The van der Waals surface area contributed by atoms with E-state index in [1.807, 2.05) is 13.8 Å². The summed E-state index contributed by atoms with van der Waals surface area (Å²) in [6.45, 7) is 9.12. The van der Waals surface area contributed by atoms with Crippen LogP contribution in [0.15, 0.2) is 9.52 Å². The van der Waals surface area contributed by atoms with Gasteiger partial charge in [0.2, 0.25) is 5.89 Å². The lowest BCUT2D eigenvalue weighted by atomic mass is 9.97. The highest BCUT2D eigenvalue weighted by atomic mass is 16.5. The molecule has 2 heterocycles. The van der Waals surface area contributed by atoms with Crippen molar-refractivity contribution in [2.75, 3.05) is 32.8 Å². The second-order valence-corrected chi connectivity index (χ2v) is 5.73. The summed E-state index contributed by atoms with van der Waals surface area (Å²) in [5, 5.41) is 7.08. The maximum Gasteiger partial charge on any atom is 0.309 e. The maximum absolute atomic E-state index is 11.8. The molecule has 0 saturated carbocycles. The summed E-state index contributed by atoms with van der Waals surface area (Å²) in [6, 6.07) is 0. The maximum atomic E-state index is 11.8. The van der Waals surface area contributed by atoms with Gasteiger partial charge in [-0.25, -0.2) is 0 Å². The van der Waals surface area contributed by atoms with Gasteiger partial charge in [0.15, 0.2) is 11.8 Å². The van der Waals surface area contributed by atoms with Gasteiger partial charge in [0.1, 0.15) is 0 Å². The number of ether oxygens (including phenoxy) is 1. The lowest BCUT2D eigenvalue weighted by Gasteiger charge is -2.33. The first kappa shape index (κ1) is 18.2. The quantitative estimate of drug-likeness (QED) is 0.473. The third-order valence-electron chi connectivity index (χ3n) is 3.91. The molecule has 134 valence electrons. The van der Waals surface area contributed by atoms with Crippen molar-refractivity contribution in [3.63, 3.8) is 0 Å². The molecule has 24 heavy (non-hydrogen) atoms. The summed E-state index contributed by atoms with van der Waals surface area (Å²) in [4.78, 5) is 22.8. The molecule has 2 rings (SSSR count). The minimum Gasteiger partial charge on any atom is -0.466 e. The van der Waals surface area contributed by atoms with E-state index in [1.54, 1.807) is 6.92 Å². The van der Waals surface area contributed by atoms with Crippen LogP contribution in [-0.2, 0) is 16.0 Å². The van der Waals surface area contributed by atoms with Crippen molar-refractivity contribution in [2.45, 2.75) is 40.0 Å². The Bertz CT molecular complexity index is 550. The molecule has 1 aliphatic rings. The van der Waals surface area contributed by atoms with Crippen molar-refractivity contribution >= 4 is 11.9 Å². The topological polar surface area (TPSA) is 92.9 Å². The van der Waals surface area contributed by atoms with Gasteiger partial charge in [0.25, 0.3) is 0 Å². The van der Waals surface area contributed by atoms with Crippen LogP contribution in [0.25, 0.3) is 0 Å². The number of nitrogens with one attached hydrogen (secondary N) is 1. The standard InChI is InChI=1S/C16H27N5O3/c1-4-17-16(18-9-6-14-19-12(3)20-24-14)21-10-7-13(8-11-21)15(22)23-5-2/h13H,4-11H2,1-3H3,(H,17,18). The normalized spacial score (nSPS) is 16.3. The Morgan fingerprint density at radius 2 is 2.17 bits per heavy atom. The highest BCUT2D eigenvalue weighted by Crippen LogP contribution is 2.18. The SMILES string of the molecule is CCNC(=NCCc1nc(C)no1)N1CCC(C(=O)OCC)CC1. The lowest BCUT2D eigenvalue weighted by Crippen LogP contribution is -2.46. The number of hydrogen-bond acceptors (Lipinski definition) is 6. The number of likely N-dealkylation sites (tertiary alicyclic amines) is 1. The number of carbonyl (C=O) groups is 1. The number of guanidine groups is 1. The minimum absolute atomic E-state index is 0.00504. The van der Waals surface area contributed by atoms with Crippen LogP contribution in [0.1, 0.15) is 38.4 Å². The fraction of sp³-hybridized carbons (Fsp3) is 0.750. The highest BCUT2D eigenvalue weighted by Gasteiger charge is 2.27. The third-order valence-corrected chi connectivity index (χ3v) is 3.91. The molecule has 1 aromatic heterocycles. The third kappa shape index (κ3) is 5.21. The molecule has 0 spiro atoms. The summed E-state index contributed by atoms with van der Waals surface area (Å²) in [5.41, 5.74) is 0. The Hall–Kier alpha value is -2.12. The number of aryl methyl sites for hydroxylation is 1. The molecule has 0 unspecified atom stereocenters. The van der Waals surface area contributed by atoms with E-state index in [1.165, 1.54) is 0 Å². The smallest absolute Gasteiger partial charge is 0.309 e. The summed E-state index contributed by atoms with van der Waals surface area (Å²) in [7, 11) is 0. The van der Waals surface area contributed by atoms with Gasteiger partial charge in [-0.3, -0.25) is 9.79 Å². The number of rotatable bonds is 6. The molecule has 0 aromatic carbocycles. The van der Waals surface area contributed by atoms with E-state index >= 15 is 0 Å². The van der Waals surface area contributed by atoms with Crippen molar-refractivity contribution in [2.24, 2.45) is 10.9 Å². The number of piperidine rings is 1. The summed E-state index contributed by atoms with van der Waals surface area (Å²) < 4.78 is 10.2. The van der Waals surface area contributed by atoms with E-state index in [0.29, 0.717) is 31.3 Å². The summed E-state index contributed by atoms with van der Waals surface area (Å²) >= 11 is 0. The van der Waals surface area contributed by atoms with Gasteiger partial charge >= 0.3 is 5.97 Å². The molecular weight excluding hydrogens is 310 g/mol. The van der Waals surface area contributed by atoms with E-state index in [4.69, 9.17) is 9.26 Å². The molecular formula is C16H27N5O3. The molecule has 0 radical (unpaired) electrons. The Labute approximate surface area is 142 Å². The van der Waals surface area contributed by atoms with Crippen LogP contribution < -0.4 is 5.32 Å². The number of nitrogens with zero attached hydrogens (tertiary/aromatic N) is 4. The van der Waals surface area contributed by atoms with E-state index in [9.17, 15) is 4.79 Å². The highest BCUT2D eigenvalue weighted by molar-refractivity contribution is 5.80. The van der Waals surface area contributed by atoms with Gasteiger partial charge in [-0.05, 0) is 33.6 Å². The molecule has 8 heteroatoms. The average molecular weight is 337 g/mol. The van der Waals surface area contributed by atoms with Crippen molar-refractivity contribution in [3.8, 4) is 0 Å². The molecule has 0 bridgehead atoms. The summed E-state index contributed by atoms with van der Waals surface area (Å²) in [5.74, 6) is 2.04. The van der Waals surface area contributed by atoms with Crippen LogP contribution in [0.5, 0.6) is 0 Å². The van der Waals surface area contributed by atoms with Crippen molar-refractivity contribution in [1.29, 1.82) is 0 Å². The van der Waals surface area contributed by atoms with Gasteiger partial charge in [0.05, 0.1) is 19.1 Å². The fourth-order valence-electron chi connectivity index (χ4n) is 2.71. The van der Waals surface area contributed by atoms with Crippen molar-refractivity contribution in [3.05, 3.63) is 11.7 Å². The fourth-order valence-corrected chi connectivity index (χ4v) is 2.71. The van der Waals surface area contributed by atoms with Gasteiger partial charge in [-0.2, -0.15) is 4.98 Å². The van der Waals surface area contributed by atoms with Gasteiger partial charge in [-0.15, -0.1) is 0 Å². The van der Waals surface area contributed by atoms with Crippen LogP contribution in [0.4, 0.5) is 0 Å². The molecule has 8 nitrogen and oxygen atoms in total. The Kier molecular flexibility index (Phi) is 7.02. The Morgan fingerprint density at radius 3 is 2.75 bits per heavy atom. The summed E-state index contributed by atoms with van der Waals surface area (Å²) in [6.07, 6.45) is 2.22. The van der Waals surface area contributed by atoms with Gasteiger partial charge in [0, 0.05) is 26.1 Å². The number of aromatic nitrogens is 2. The molecule has 1 aliphatic heterocycles. The Balaban J connectivity index is 1.86. The first-order valence-electron chi connectivity index (χ1n) is 8.63. The first-order chi connectivity index (χ1) is 11.6. The number of esters is 1. The van der Waals surface area contributed by atoms with Gasteiger partial charge < -0.3 is 19.5 Å². The molecule has 0 aliphatic carbocycles. The molecule has 1 aromatic rings. The van der Waals surface area contributed by atoms with Crippen LogP contribution >= 0.6 is 0 Å². The molecule has 1 saturated heterocycles. The predicted octanol–water partition coefficient (Wildman–Crippen LogP) is 1.16. The number of carbonyl (C=O) groups excluding carboxylic acids is 1. The molecule has 0 amide bonds. The molecule has 0 atom stereocenters. The molecule has 1 fully saturated rings. The van der Waals surface area contributed by atoms with E-state index in [2.05, 4.69) is 25.3 Å². The zero-order valence-electron chi connectivity index (χ0n) is 14.7. The van der Waals surface area contributed by atoms with Crippen LogP contribution in [0.3, 0.4) is 0 Å². The zero-order valence-corrected chi connectivity index (χ0v) is 14.7. The second-order valence-electron chi connectivity index (χ2n) is 5.73. The van der Waals surface area contributed by atoms with Crippen molar-refractivity contribution in [1.82, 2.24) is 20.4 Å². The Morgan fingerprint density at radius 1 is 1.42 bits per heavy atom. The first-order valence-corrected chi connectivity index (χ1v) is 8.63. The monoisotopic (exact) mass is 337 g/mol. The zero-order chi connectivity index (χ0) is 17.4. The van der Waals surface area contributed by atoms with E-state index in [-0.39, 0.29) is 11.9 Å². The van der Waals surface area contributed by atoms with Crippen molar-refractivity contribution < 1.29 is 14.1 Å². The number of hydrogen-bond donors (Lipinski definition) is 1. The largest absolute Gasteiger partial charge is 0.466 e. The average Bonchev–Trinajstić information content (AvgIpc) is 3.00. The molecule has 1 N–H and O–H groups in total. The minimum atomic E-state index is -0.0779. The lowest BCUT2D eigenvalue weighted by molar-refractivity contribution is -0.149. The van der Waals surface area contributed by atoms with Crippen LogP contribution in [-0.4, -0.2) is 59.8 Å². The second kappa shape index (κ2) is 9.24. The number of aliphatic imine (C=N–C) groups is 1. The predicted molar refractivity (Wildman–Crippen MR) is 89.6 cm³/mol. The van der Waals surface area contributed by atoms with Gasteiger partial charge in [-0.1, -0.05) is 5.16 Å². The van der Waals surface area contributed by atoms with E-state index < -0.39 is 0 Å². The van der Waals surface area contributed by atoms with Crippen LogP contribution in [0, 0.1) is 12.8 Å². The van der Waals surface area contributed by atoms with Crippen LogP contribution in [0.2, 0.25) is 0 Å².